The zero-order chi connectivity index (χ0) is 15.4. The molecule has 3 rings (SSSR count). The van der Waals surface area contributed by atoms with Crippen LogP contribution in [0.25, 0.3) is 0 Å². The van der Waals surface area contributed by atoms with Gasteiger partial charge in [-0.05, 0) is 42.2 Å². The molecule has 0 spiro atoms. The summed E-state index contributed by atoms with van der Waals surface area (Å²) < 4.78 is 0. The van der Waals surface area contributed by atoms with E-state index in [0.717, 1.165) is 23.4 Å². The van der Waals surface area contributed by atoms with Gasteiger partial charge in [-0.25, -0.2) is 4.79 Å². The first-order valence-electron chi connectivity index (χ1n) is 7.41. The van der Waals surface area contributed by atoms with E-state index in [1.165, 1.54) is 5.56 Å². The maximum Gasteiger partial charge on any atom is 0.315 e. The highest BCUT2D eigenvalue weighted by molar-refractivity contribution is 6.30. The highest BCUT2D eigenvalue weighted by Crippen LogP contribution is 2.41. The minimum atomic E-state index is -0.113. The van der Waals surface area contributed by atoms with Crippen molar-refractivity contribution in [1.82, 2.24) is 15.6 Å². The molecule has 22 heavy (non-hydrogen) atoms. The van der Waals surface area contributed by atoms with E-state index in [9.17, 15) is 4.79 Å². The molecule has 2 atom stereocenters. The lowest BCUT2D eigenvalue weighted by Gasteiger charge is -2.07. The largest absolute Gasteiger partial charge is 0.338 e. The molecule has 1 aliphatic rings. The number of carbonyl (C=O) groups excluding carboxylic acids is 1. The Bertz CT molecular complexity index is 647. The van der Waals surface area contributed by atoms with Crippen molar-refractivity contribution in [3.8, 4) is 0 Å². The van der Waals surface area contributed by atoms with Crippen LogP contribution in [0.1, 0.15) is 23.5 Å². The highest BCUT2D eigenvalue weighted by Gasteiger charge is 2.39. The Balaban J connectivity index is 1.40. The summed E-state index contributed by atoms with van der Waals surface area (Å²) >= 11 is 5.99. The summed E-state index contributed by atoms with van der Waals surface area (Å²) in [5, 5.41) is 6.62. The number of carbonyl (C=O) groups is 1. The molecule has 4 nitrogen and oxygen atoms in total. The van der Waals surface area contributed by atoms with Crippen LogP contribution in [0.15, 0.2) is 48.8 Å². The number of halogens is 1. The van der Waals surface area contributed by atoms with Gasteiger partial charge in [0.15, 0.2) is 0 Å². The number of amides is 2. The van der Waals surface area contributed by atoms with Gasteiger partial charge < -0.3 is 10.6 Å². The Kier molecular flexibility index (Phi) is 4.59. The van der Waals surface area contributed by atoms with Crippen LogP contribution in [0.5, 0.6) is 0 Å². The summed E-state index contributed by atoms with van der Waals surface area (Å²) in [7, 11) is 0. The molecule has 0 saturated heterocycles. The van der Waals surface area contributed by atoms with Crippen molar-refractivity contribution in [2.45, 2.75) is 24.8 Å². The molecule has 1 heterocycles. The Morgan fingerprint density at radius 2 is 2.23 bits per heavy atom. The van der Waals surface area contributed by atoms with E-state index in [2.05, 4.69) is 21.7 Å². The number of benzene rings is 1. The molecule has 1 aliphatic carbocycles. The van der Waals surface area contributed by atoms with Gasteiger partial charge >= 0.3 is 6.03 Å². The predicted molar refractivity (Wildman–Crippen MR) is 87.1 cm³/mol. The van der Waals surface area contributed by atoms with Crippen LogP contribution >= 0.6 is 11.6 Å². The molecule has 1 fully saturated rings. The molecular formula is C17H18ClN3O. The first kappa shape index (κ1) is 14.9. The normalized spacial score (nSPS) is 19.5. The third-order valence-electron chi connectivity index (χ3n) is 3.81. The lowest BCUT2D eigenvalue weighted by Crippen LogP contribution is -2.38. The van der Waals surface area contributed by atoms with Crippen LogP contribution in [-0.4, -0.2) is 23.6 Å². The molecule has 2 amide bonds. The number of rotatable bonds is 5. The zero-order valence-corrected chi connectivity index (χ0v) is 12.9. The molecule has 1 aromatic heterocycles. The predicted octanol–water partition coefficient (Wildman–Crippen LogP) is 3.13. The maximum absolute atomic E-state index is 11.9. The molecule has 0 unspecified atom stereocenters. The second kappa shape index (κ2) is 6.79. The molecule has 0 bridgehead atoms. The summed E-state index contributed by atoms with van der Waals surface area (Å²) in [6, 6.07) is 11.8. The van der Waals surface area contributed by atoms with Crippen molar-refractivity contribution >= 4 is 17.6 Å². The fourth-order valence-electron chi connectivity index (χ4n) is 2.55. The lowest BCUT2D eigenvalue weighted by atomic mass is 10.1. The monoisotopic (exact) mass is 315 g/mol. The summed E-state index contributed by atoms with van der Waals surface area (Å²) in [6.45, 7) is 0.603. The fraction of sp³-hybridized carbons (Fsp3) is 0.294. The Morgan fingerprint density at radius 1 is 1.32 bits per heavy atom. The number of hydrogen-bond donors (Lipinski definition) is 2. The number of aromatic nitrogens is 1. The van der Waals surface area contributed by atoms with Crippen molar-refractivity contribution in [2.24, 2.45) is 0 Å². The van der Waals surface area contributed by atoms with Crippen molar-refractivity contribution in [3.63, 3.8) is 0 Å². The summed E-state index contributed by atoms with van der Waals surface area (Å²) in [6.07, 6.45) is 5.31. The zero-order valence-electron chi connectivity index (χ0n) is 12.1. The van der Waals surface area contributed by atoms with Crippen LogP contribution in [0, 0.1) is 0 Å². The summed E-state index contributed by atoms with van der Waals surface area (Å²) in [5.41, 5.74) is 2.30. The molecule has 5 heteroatoms. The summed E-state index contributed by atoms with van der Waals surface area (Å²) in [4.78, 5) is 15.9. The third-order valence-corrected chi connectivity index (χ3v) is 4.04. The quantitative estimate of drug-likeness (QED) is 0.890. The number of pyridine rings is 1. The van der Waals surface area contributed by atoms with Crippen LogP contribution in [0.4, 0.5) is 4.79 Å². The van der Waals surface area contributed by atoms with Crippen LogP contribution in [0.3, 0.4) is 0 Å². The highest BCUT2D eigenvalue weighted by atomic mass is 35.5. The van der Waals surface area contributed by atoms with Crippen LogP contribution < -0.4 is 10.6 Å². The van der Waals surface area contributed by atoms with E-state index < -0.39 is 0 Å². The summed E-state index contributed by atoms with van der Waals surface area (Å²) in [5.74, 6) is 0.378. The lowest BCUT2D eigenvalue weighted by molar-refractivity contribution is 0.240. The second-order valence-electron chi connectivity index (χ2n) is 5.52. The van der Waals surface area contributed by atoms with Gasteiger partial charge in [0.05, 0.1) is 0 Å². The molecule has 0 aliphatic heterocycles. The van der Waals surface area contributed by atoms with Gasteiger partial charge in [-0.15, -0.1) is 0 Å². The molecule has 1 aromatic carbocycles. The van der Waals surface area contributed by atoms with Gasteiger partial charge in [-0.2, -0.15) is 0 Å². The van der Waals surface area contributed by atoms with Crippen molar-refractivity contribution in [1.29, 1.82) is 0 Å². The van der Waals surface area contributed by atoms with E-state index in [-0.39, 0.29) is 12.1 Å². The molecular weight excluding hydrogens is 298 g/mol. The van der Waals surface area contributed by atoms with Crippen molar-refractivity contribution in [2.75, 3.05) is 6.54 Å². The van der Waals surface area contributed by atoms with E-state index in [0.29, 0.717) is 12.5 Å². The topological polar surface area (TPSA) is 54.0 Å². The Hall–Kier alpha value is -2.07. The number of hydrogen-bond acceptors (Lipinski definition) is 2. The minimum Gasteiger partial charge on any atom is -0.338 e. The van der Waals surface area contributed by atoms with E-state index >= 15 is 0 Å². The molecule has 2 N–H and O–H groups in total. The van der Waals surface area contributed by atoms with Gasteiger partial charge in [-0.1, -0.05) is 29.8 Å². The van der Waals surface area contributed by atoms with Gasteiger partial charge in [0.1, 0.15) is 0 Å². The minimum absolute atomic E-state index is 0.113. The van der Waals surface area contributed by atoms with Gasteiger partial charge in [0.2, 0.25) is 0 Å². The number of nitrogens with zero attached hydrogens (tertiary/aromatic N) is 1. The molecule has 0 radical (unpaired) electrons. The van der Waals surface area contributed by atoms with Gasteiger partial charge in [0.25, 0.3) is 0 Å². The average Bonchev–Trinajstić information content (AvgIpc) is 3.27. The van der Waals surface area contributed by atoms with Gasteiger partial charge in [0, 0.05) is 35.9 Å². The van der Waals surface area contributed by atoms with E-state index in [1.54, 1.807) is 6.20 Å². The Morgan fingerprint density at radius 3 is 3.00 bits per heavy atom. The average molecular weight is 316 g/mol. The smallest absolute Gasteiger partial charge is 0.315 e. The van der Waals surface area contributed by atoms with E-state index in [1.807, 2.05) is 36.5 Å². The molecule has 2 aromatic rings. The fourth-order valence-corrected chi connectivity index (χ4v) is 2.74. The van der Waals surface area contributed by atoms with E-state index in [4.69, 9.17) is 11.6 Å². The molecule has 114 valence electrons. The second-order valence-corrected chi connectivity index (χ2v) is 5.95. The number of nitrogens with one attached hydrogen (secondary N) is 2. The molecule has 1 saturated carbocycles. The first-order valence-corrected chi connectivity index (χ1v) is 7.79. The van der Waals surface area contributed by atoms with Crippen molar-refractivity contribution in [3.05, 3.63) is 64.9 Å². The Labute approximate surface area is 134 Å². The van der Waals surface area contributed by atoms with Crippen molar-refractivity contribution < 1.29 is 4.79 Å². The van der Waals surface area contributed by atoms with Gasteiger partial charge in [-0.3, -0.25) is 4.98 Å². The maximum atomic E-state index is 11.9. The standard InChI is InChI=1S/C17H18ClN3O/c18-14-5-1-4-13(9-14)15-10-16(15)21-17(22)20-8-6-12-3-2-7-19-11-12/h1-5,7,9,11,15-16H,6,8,10H2,(H2,20,21,22)/t15-,16-/m0/s1. The third kappa shape index (κ3) is 3.98. The van der Waals surface area contributed by atoms with Crippen LogP contribution in [-0.2, 0) is 6.42 Å². The van der Waals surface area contributed by atoms with Crippen LogP contribution in [0.2, 0.25) is 5.02 Å². The number of urea groups is 1. The SMILES string of the molecule is O=C(NCCc1cccnc1)N[C@H]1C[C@H]1c1cccc(Cl)c1. The first-order chi connectivity index (χ1) is 10.7.